The summed E-state index contributed by atoms with van der Waals surface area (Å²) in [7, 11) is 0. The monoisotopic (exact) mass is 387 g/mol. The third-order valence-electron chi connectivity index (χ3n) is 5.22. The first-order valence-corrected chi connectivity index (χ1v) is 12.1. The molecule has 0 saturated heterocycles. The molecule has 0 saturated carbocycles. The minimum atomic E-state index is 0.255. The zero-order valence-electron chi connectivity index (χ0n) is 17.9. The van der Waals surface area contributed by atoms with Gasteiger partial charge in [0.25, 0.3) is 0 Å². The van der Waals surface area contributed by atoms with E-state index in [9.17, 15) is 4.79 Å². The van der Waals surface area contributed by atoms with Crippen molar-refractivity contribution in [1.82, 2.24) is 4.90 Å². The van der Waals surface area contributed by atoms with Gasteiger partial charge in [0, 0.05) is 25.4 Å². The molecule has 0 rings (SSSR count). The smallest absolute Gasteiger partial charge is 0.223 e. The molecule has 2 nitrogen and oxygen atoms in total. The van der Waals surface area contributed by atoms with Gasteiger partial charge in [0.15, 0.2) is 0 Å². The van der Waals surface area contributed by atoms with E-state index < -0.39 is 0 Å². The van der Waals surface area contributed by atoms with Crippen LogP contribution in [0.3, 0.4) is 0 Å². The van der Waals surface area contributed by atoms with E-state index in [1.807, 2.05) is 0 Å². The van der Waals surface area contributed by atoms with Crippen LogP contribution in [0.1, 0.15) is 123 Å². The minimum Gasteiger partial charge on any atom is -0.343 e. The molecular formula is C23H46ClNO. The van der Waals surface area contributed by atoms with Crippen molar-refractivity contribution in [3.05, 3.63) is 0 Å². The van der Waals surface area contributed by atoms with Gasteiger partial charge in [-0.3, -0.25) is 4.79 Å². The number of amides is 1. The Morgan fingerprint density at radius 1 is 0.615 bits per heavy atom. The highest BCUT2D eigenvalue weighted by atomic mass is 35.5. The fourth-order valence-corrected chi connectivity index (χ4v) is 3.63. The Bertz CT molecular complexity index is 276. The summed E-state index contributed by atoms with van der Waals surface area (Å²) >= 11 is 5.78. The first-order chi connectivity index (χ1) is 12.8. The van der Waals surface area contributed by atoms with Crippen molar-refractivity contribution in [2.24, 2.45) is 0 Å². The largest absolute Gasteiger partial charge is 0.343 e. The predicted molar refractivity (Wildman–Crippen MR) is 117 cm³/mol. The van der Waals surface area contributed by atoms with Gasteiger partial charge in [-0.25, -0.2) is 0 Å². The Labute approximate surface area is 169 Å². The first kappa shape index (κ1) is 25.8. The predicted octanol–water partition coefficient (Wildman–Crippen LogP) is 7.73. The number of hydrogen-bond acceptors (Lipinski definition) is 1. The Kier molecular flexibility index (Phi) is 20.9. The maximum absolute atomic E-state index is 12.3. The standard InChI is InChI=1S/C23H46ClNO/c1-3-5-7-9-11-13-15-17-21-25(23(26)19-20-24)22-18-16-14-12-10-8-6-4-2/h3-22H2,1-2H3. The van der Waals surface area contributed by atoms with Crippen molar-refractivity contribution >= 4 is 17.5 Å². The lowest BCUT2D eigenvalue weighted by Crippen LogP contribution is -2.33. The first-order valence-electron chi connectivity index (χ1n) is 11.6. The molecule has 0 aliphatic rings. The molecule has 26 heavy (non-hydrogen) atoms. The number of halogens is 1. The topological polar surface area (TPSA) is 20.3 Å². The van der Waals surface area contributed by atoms with Gasteiger partial charge in [0.05, 0.1) is 0 Å². The fraction of sp³-hybridized carbons (Fsp3) is 0.957. The average Bonchev–Trinajstić information content (AvgIpc) is 2.64. The average molecular weight is 388 g/mol. The normalized spacial score (nSPS) is 11.0. The Morgan fingerprint density at radius 3 is 1.31 bits per heavy atom. The van der Waals surface area contributed by atoms with Crippen molar-refractivity contribution in [2.75, 3.05) is 19.0 Å². The van der Waals surface area contributed by atoms with Crippen LogP contribution in [0.2, 0.25) is 0 Å². The van der Waals surface area contributed by atoms with Crippen LogP contribution in [0.4, 0.5) is 0 Å². The third kappa shape index (κ3) is 17.2. The molecular weight excluding hydrogens is 342 g/mol. The lowest BCUT2D eigenvalue weighted by atomic mass is 10.1. The van der Waals surface area contributed by atoms with Crippen molar-refractivity contribution in [3.8, 4) is 0 Å². The van der Waals surface area contributed by atoms with E-state index >= 15 is 0 Å². The molecule has 1 amide bonds. The van der Waals surface area contributed by atoms with Crippen LogP contribution in [0.5, 0.6) is 0 Å². The number of carbonyl (C=O) groups excluding carboxylic acids is 1. The zero-order chi connectivity index (χ0) is 19.3. The maximum Gasteiger partial charge on any atom is 0.223 e. The minimum absolute atomic E-state index is 0.255. The van der Waals surface area contributed by atoms with Gasteiger partial charge in [-0.15, -0.1) is 11.6 Å². The summed E-state index contributed by atoms with van der Waals surface area (Å²) in [4.78, 5) is 14.3. The maximum atomic E-state index is 12.3. The number of rotatable bonds is 20. The van der Waals surface area contributed by atoms with Crippen molar-refractivity contribution in [1.29, 1.82) is 0 Å². The van der Waals surface area contributed by atoms with E-state index in [-0.39, 0.29) is 5.91 Å². The number of nitrogens with zero attached hydrogens (tertiary/aromatic N) is 1. The van der Waals surface area contributed by atoms with Crippen LogP contribution in [-0.4, -0.2) is 29.8 Å². The van der Waals surface area contributed by atoms with E-state index in [0.717, 1.165) is 25.9 Å². The molecule has 0 N–H and O–H groups in total. The summed E-state index contributed by atoms with van der Waals surface area (Å²) in [5, 5.41) is 0. The molecule has 0 unspecified atom stereocenters. The fourth-order valence-electron chi connectivity index (χ4n) is 3.47. The molecule has 0 aromatic carbocycles. The van der Waals surface area contributed by atoms with Crippen molar-refractivity contribution in [2.45, 2.75) is 123 Å². The van der Waals surface area contributed by atoms with E-state index in [2.05, 4.69) is 18.7 Å². The third-order valence-corrected chi connectivity index (χ3v) is 5.41. The second-order valence-electron chi connectivity index (χ2n) is 7.77. The van der Waals surface area contributed by atoms with Crippen LogP contribution in [0.25, 0.3) is 0 Å². The van der Waals surface area contributed by atoms with Crippen LogP contribution >= 0.6 is 11.6 Å². The van der Waals surface area contributed by atoms with E-state index in [1.54, 1.807) is 0 Å². The highest BCUT2D eigenvalue weighted by Gasteiger charge is 2.11. The molecule has 0 aromatic heterocycles. The molecule has 0 radical (unpaired) electrons. The van der Waals surface area contributed by atoms with Gasteiger partial charge < -0.3 is 4.90 Å². The summed E-state index contributed by atoms with van der Waals surface area (Å²) in [6.07, 6.45) is 21.6. The molecule has 3 heteroatoms. The zero-order valence-corrected chi connectivity index (χ0v) is 18.6. The molecule has 156 valence electrons. The highest BCUT2D eigenvalue weighted by Crippen LogP contribution is 2.12. The molecule has 0 spiro atoms. The van der Waals surface area contributed by atoms with Crippen LogP contribution in [0, 0.1) is 0 Å². The molecule has 0 heterocycles. The molecule has 0 aliphatic carbocycles. The summed E-state index contributed by atoms with van der Waals surface area (Å²) in [5.74, 6) is 0.704. The second-order valence-corrected chi connectivity index (χ2v) is 8.15. The lowest BCUT2D eigenvalue weighted by Gasteiger charge is -2.22. The quantitative estimate of drug-likeness (QED) is 0.154. The molecule has 0 aromatic rings. The number of hydrogen-bond donors (Lipinski definition) is 0. The van der Waals surface area contributed by atoms with Gasteiger partial charge in [-0.2, -0.15) is 0 Å². The van der Waals surface area contributed by atoms with Crippen LogP contribution in [0.15, 0.2) is 0 Å². The Hall–Kier alpha value is -0.240. The second kappa shape index (κ2) is 21.1. The van der Waals surface area contributed by atoms with Gasteiger partial charge in [-0.05, 0) is 12.8 Å². The SMILES string of the molecule is CCCCCCCCCCN(CCCCCCCCCC)C(=O)CCCl. The highest BCUT2D eigenvalue weighted by molar-refractivity contribution is 6.18. The number of alkyl halides is 1. The summed E-state index contributed by atoms with van der Waals surface area (Å²) in [6.45, 7) is 6.39. The summed E-state index contributed by atoms with van der Waals surface area (Å²) in [6, 6.07) is 0. The van der Waals surface area contributed by atoms with Crippen molar-refractivity contribution < 1.29 is 4.79 Å². The molecule has 0 aliphatic heterocycles. The van der Waals surface area contributed by atoms with Crippen LogP contribution < -0.4 is 0 Å². The van der Waals surface area contributed by atoms with E-state index in [1.165, 1.54) is 89.9 Å². The van der Waals surface area contributed by atoms with Gasteiger partial charge in [-0.1, -0.05) is 104 Å². The number of unbranched alkanes of at least 4 members (excludes halogenated alkanes) is 14. The van der Waals surface area contributed by atoms with Crippen molar-refractivity contribution in [3.63, 3.8) is 0 Å². The van der Waals surface area contributed by atoms with Gasteiger partial charge >= 0.3 is 0 Å². The molecule has 0 atom stereocenters. The van der Waals surface area contributed by atoms with Gasteiger partial charge in [0.2, 0.25) is 5.91 Å². The summed E-state index contributed by atoms with van der Waals surface area (Å²) < 4.78 is 0. The molecule has 0 bridgehead atoms. The molecule has 0 fully saturated rings. The van der Waals surface area contributed by atoms with Gasteiger partial charge in [0.1, 0.15) is 0 Å². The number of carbonyl (C=O) groups is 1. The lowest BCUT2D eigenvalue weighted by molar-refractivity contribution is -0.130. The van der Waals surface area contributed by atoms with E-state index in [0.29, 0.717) is 12.3 Å². The Morgan fingerprint density at radius 2 is 0.962 bits per heavy atom. The Balaban J connectivity index is 3.76. The van der Waals surface area contributed by atoms with Crippen LogP contribution in [-0.2, 0) is 4.79 Å². The summed E-state index contributed by atoms with van der Waals surface area (Å²) in [5.41, 5.74) is 0. The van der Waals surface area contributed by atoms with E-state index in [4.69, 9.17) is 11.6 Å².